The smallest absolute Gasteiger partial charge is 0.225 e. The topological polar surface area (TPSA) is 49.8 Å². The summed E-state index contributed by atoms with van der Waals surface area (Å²) >= 11 is 0. The maximum atomic E-state index is 11.8. The molecule has 1 atom stereocenters. The standard InChI is InChI=1S/C11H21NO3/c1-10(2,15-4)7-9(13)12-6-5-11(3,14)8-12/h14H,5-8H2,1-4H3. The minimum absolute atomic E-state index is 0.0552. The SMILES string of the molecule is COC(C)(C)CC(=O)N1CCC(C)(O)C1. The van der Waals surface area contributed by atoms with Gasteiger partial charge in [0.25, 0.3) is 0 Å². The summed E-state index contributed by atoms with van der Waals surface area (Å²) in [5, 5.41) is 9.74. The van der Waals surface area contributed by atoms with Crippen LogP contribution in [0, 0.1) is 0 Å². The Morgan fingerprint density at radius 2 is 2.20 bits per heavy atom. The van der Waals surface area contributed by atoms with Crippen molar-refractivity contribution in [1.29, 1.82) is 0 Å². The van der Waals surface area contributed by atoms with Gasteiger partial charge >= 0.3 is 0 Å². The van der Waals surface area contributed by atoms with Gasteiger partial charge < -0.3 is 14.7 Å². The fourth-order valence-electron chi connectivity index (χ4n) is 1.71. The molecule has 4 heteroatoms. The first-order valence-corrected chi connectivity index (χ1v) is 5.31. The molecule has 1 amide bonds. The first-order chi connectivity index (χ1) is 6.76. The molecule has 1 rings (SSSR count). The highest BCUT2D eigenvalue weighted by Crippen LogP contribution is 2.23. The molecular weight excluding hydrogens is 194 g/mol. The third-order valence-electron chi connectivity index (χ3n) is 2.93. The number of hydrogen-bond acceptors (Lipinski definition) is 3. The van der Waals surface area contributed by atoms with Crippen molar-refractivity contribution < 1.29 is 14.6 Å². The summed E-state index contributed by atoms with van der Waals surface area (Å²) in [6, 6.07) is 0. The van der Waals surface area contributed by atoms with Crippen LogP contribution in [-0.4, -0.2) is 47.3 Å². The number of nitrogens with zero attached hydrogens (tertiary/aromatic N) is 1. The molecule has 1 heterocycles. The highest BCUT2D eigenvalue weighted by atomic mass is 16.5. The van der Waals surface area contributed by atoms with E-state index in [4.69, 9.17) is 4.74 Å². The van der Waals surface area contributed by atoms with Crippen LogP contribution in [0.5, 0.6) is 0 Å². The molecule has 0 saturated carbocycles. The molecule has 0 aliphatic carbocycles. The Labute approximate surface area is 91.2 Å². The summed E-state index contributed by atoms with van der Waals surface area (Å²) < 4.78 is 5.21. The predicted molar refractivity (Wildman–Crippen MR) is 57.5 cm³/mol. The summed E-state index contributed by atoms with van der Waals surface area (Å²) in [5.74, 6) is 0.0552. The third kappa shape index (κ3) is 3.47. The number of β-amino-alcohol motifs (C(OH)–C–C–N with tert-alkyl or cyclic N) is 1. The van der Waals surface area contributed by atoms with Gasteiger partial charge in [-0.3, -0.25) is 4.79 Å². The predicted octanol–water partition coefficient (Wildman–Crippen LogP) is 0.785. The van der Waals surface area contributed by atoms with Crippen molar-refractivity contribution in [2.75, 3.05) is 20.2 Å². The Bertz CT molecular complexity index is 248. The molecule has 88 valence electrons. The first kappa shape index (κ1) is 12.5. The fraction of sp³-hybridized carbons (Fsp3) is 0.909. The van der Waals surface area contributed by atoms with E-state index in [0.29, 0.717) is 25.9 Å². The van der Waals surface area contributed by atoms with E-state index in [9.17, 15) is 9.90 Å². The number of methoxy groups -OCH3 is 1. The Morgan fingerprint density at radius 1 is 1.60 bits per heavy atom. The van der Waals surface area contributed by atoms with Gasteiger partial charge in [0.05, 0.1) is 17.6 Å². The Morgan fingerprint density at radius 3 is 2.60 bits per heavy atom. The minimum atomic E-state index is -0.715. The number of likely N-dealkylation sites (tertiary alicyclic amines) is 1. The number of hydrogen-bond donors (Lipinski definition) is 1. The van der Waals surface area contributed by atoms with Gasteiger partial charge in [0.15, 0.2) is 0 Å². The van der Waals surface area contributed by atoms with Gasteiger partial charge in [-0.2, -0.15) is 0 Å². The van der Waals surface area contributed by atoms with Gasteiger partial charge in [0, 0.05) is 20.2 Å². The van der Waals surface area contributed by atoms with E-state index in [1.165, 1.54) is 0 Å². The maximum absolute atomic E-state index is 11.8. The normalized spacial score (nSPS) is 27.1. The van der Waals surface area contributed by atoms with E-state index in [-0.39, 0.29) is 5.91 Å². The molecule has 1 saturated heterocycles. The van der Waals surface area contributed by atoms with Crippen molar-refractivity contribution >= 4 is 5.91 Å². The van der Waals surface area contributed by atoms with Gasteiger partial charge in [-0.25, -0.2) is 0 Å². The molecule has 15 heavy (non-hydrogen) atoms. The zero-order valence-electron chi connectivity index (χ0n) is 10.0. The monoisotopic (exact) mass is 215 g/mol. The molecule has 1 aliphatic rings. The average Bonchev–Trinajstić information content (AvgIpc) is 2.45. The molecule has 1 N–H and O–H groups in total. The van der Waals surface area contributed by atoms with Crippen LogP contribution in [0.3, 0.4) is 0 Å². The minimum Gasteiger partial charge on any atom is -0.388 e. The molecule has 1 fully saturated rings. The van der Waals surface area contributed by atoms with E-state index in [2.05, 4.69) is 0 Å². The molecule has 1 unspecified atom stereocenters. The molecule has 0 aromatic carbocycles. The Hall–Kier alpha value is -0.610. The average molecular weight is 215 g/mol. The molecule has 0 aromatic rings. The lowest BCUT2D eigenvalue weighted by Crippen LogP contribution is -2.38. The second-order valence-electron chi connectivity index (χ2n) is 5.20. The van der Waals surface area contributed by atoms with Gasteiger partial charge in [-0.1, -0.05) is 0 Å². The number of carbonyl (C=O) groups is 1. The zero-order valence-corrected chi connectivity index (χ0v) is 10.0. The highest BCUT2D eigenvalue weighted by molar-refractivity contribution is 5.77. The van der Waals surface area contributed by atoms with Gasteiger partial charge in [0.1, 0.15) is 0 Å². The summed E-state index contributed by atoms with van der Waals surface area (Å²) in [7, 11) is 1.60. The van der Waals surface area contributed by atoms with E-state index >= 15 is 0 Å². The van der Waals surface area contributed by atoms with Crippen LogP contribution in [0.25, 0.3) is 0 Å². The summed E-state index contributed by atoms with van der Waals surface area (Å²) in [4.78, 5) is 13.6. The van der Waals surface area contributed by atoms with Crippen LogP contribution in [0.1, 0.15) is 33.6 Å². The molecule has 0 spiro atoms. The van der Waals surface area contributed by atoms with Crippen molar-refractivity contribution in [3.63, 3.8) is 0 Å². The Kier molecular flexibility index (Phi) is 3.41. The van der Waals surface area contributed by atoms with E-state index < -0.39 is 11.2 Å². The van der Waals surface area contributed by atoms with Gasteiger partial charge in [-0.15, -0.1) is 0 Å². The quantitative estimate of drug-likeness (QED) is 0.757. The Balaban J connectivity index is 2.50. The number of ether oxygens (including phenoxy) is 1. The molecule has 0 bridgehead atoms. The van der Waals surface area contributed by atoms with Crippen molar-refractivity contribution in [2.45, 2.75) is 44.8 Å². The van der Waals surface area contributed by atoms with E-state index in [1.807, 2.05) is 13.8 Å². The van der Waals surface area contributed by atoms with Crippen molar-refractivity contribution in [2.24, 2.45) is 0 Å². The zero-order chi connectivity index (χ0) is 11.7. The van der Waals surface area contributed by atoms with Crippen LogP contribution < -0.4 is 0 Å². The van der Waals surface area contributed by atoms with E-state index in [0.717, 1.165) is 0 Å². The lowest BCUT2D eigenvalue weighted by molar-refractivity contribution is -0.136. The van der Waals surface area contributed by atoms with Crippen LogP contribution in [-0.2, 0) is 9.53 Å². The molecular formula is C11H21NO3. The molecule has 0 radical (unpaired) electrons. The molecule has 0 aromatic heterocycles. The summed E-state index contributed by atoms with van der Waals surface area (Å²) in [5.41, 5.74) is -1.14. The molecule has 1 aliphatic heterocycles. The second-order valence-corrected chi connectivity index (χ2v) is 5.20. The van der Waals surface area contributed by atoms with Crippen molar-refractivity contribution in [1.82, 2.24) is 4.90 Å². The number of carbonyl (C=O) groups excluding carboxylic acids is 1. The highest BCUT2D eigenvalue weighted by Gasteiger charge is 2.35. The van der Waals surface area contributed by atoms with Crippen LogP contribution in [0.4, 0.5) is 0 Å². The second kappa shape index (κ2) is 4.10. The summed E-state index contributed by atoms with van der Waals surface area (Å²) in [6.07, 6.45) is 1.02. The first-order valence-electron chi connectivity index (χ1n) is 5.31. The van der Waals surface area contributed by atoms with Gasteiger partial charge in [-0.05, 0) is 27.2 Å². The lowest BCUT2D eigenvalue weighted by Gasteiger charge is -2.26. The number of rotatable bonds is 3. The molecule has 4 nitrogen and oxygen atoms in total. The largest absolute Gasteiger partial charge is 0.388 e. The number of amides is 1. The van der Waals surface area contributed by atoms with E-state index in [1.54, 1.807) is 18.9 Å². The van der Waals surface area contributed by atoms with Crippen molar-refractivity contribution in [3.8, 4) is 0 Å². The fourth-order valence-corrected chi connectivity index (χ4v) is 1.71. The third-order valence-corrected chi connectivity index (χ3v) is 2.93. The lowest BCUT2D eigenvalue weighted by atomic mass is 10.0. The van der Waals surface area contributed by atoms with Crippen LogP contribution in [0.2, 0.25) is 0 Å². The van der Waals surface area contributed by atoms with Crippen molar-refractivity contribution in [3.05, 3.63) is 0 Å². The van der Waals surface area contributed by atoms with Crippen LogP contribution >= 0.6 is 0 Å². The number of aliphatic hydroxyl groups is 1. The van der Waals surface area contributed by atoms with Crippen LogP contribution in [0.15, 0.2) is 0 Å². The summed E-state index contributed by atoms with van der Waals surface area (Å²) in [6.45, 7) is 6.62. The maximum Gasteiger partial charge on any atom is 0.225 e. The van der Waals surface area contributed by atoms with Gasteiger partial charge in [0.2, 0.25) is 5.91 Å².